The largest absolute Gasteiger partial charge is 0.450 e. The number of ether oxygens (including phenoxy) is 1. The standard InChI is InChI=1S/C28H47NO4/c1-17-27-14-13-26(4)19(8-6-7-15-33-24(32)29-5)21(30)16-20(26)18(27)9-10-22-25(2,3)23(31)11-12-28(17,22)27/h17-23,30-31H,6-16H2,1-5H3,(H,29,32)/t17-,18-,19-,20?,21+,22?,23-,26+,27-,28?/m0/s1. The lowest BCUT2D eigenvalue weighted by molar-refractivity contribution is -0.132. The zero-order valence-corrected chi connectivity index (χ0v) is 21.5. The smallest absolute Gasteiger partial charge is 0.406 e. The van der Waals surface area contributed by atoms with Crippen LogP contribution in [-0.2, 0) is 4.74 Å². The molecule has 5 rings (SSSR count). The van der Waals surface area contributed by atoms with Crippen LogP contribution in [0.15, 0.2) is 0 Å². The van der Waals surface area contributed by atoms with Gasteiger partial charge in [0.2, 0.25) is 0 Å². The lowest BCUT2D eigenvalue weighted by Gasteiger charge is -2.59. The van der Waals surface area contributed by atoms with Crippen LogP contribution in [0.2, 0.25) is 0 Å². The summed E-state index contributed by atoms with van der Waals surface area (Å²) in [4.78, 5) is 11.3. The number of aliphatic hydroxyl groups is 2. The van der Waals surface area contributed by atoms with Gasteiger partial charge < -0.3 is 20.3 Å². The Morgan fingerprint density at radius 1 is 1.00 bits per heavy atom. The third kappa shape index (κ3) is 3.00. The molecular formula is C28H47NO4. The van der Waals surface area contributed by atoms with Gasteiger partial charge in [0.25, 0.3) is 0 Å². The van der Waals surface area contributed by atoms with E-state index in [9.17, 15) is 15.0 Å². The highest BCUT2D eigenvalue weighted by Gasteiger charge is 2.84. The van der Waals surface area contributed by atoms with E-state index in [1.54, 1.807) is 7.05 Å². The fraction of sp³-hybridized carbons (Fsp3) is 0.964. The molecule has 10 atom stereocenters. The van der Waals surface area contributed by atoms with Gasteiger partial charge in [0.05, 0.1) is 18.8 Å². The summed E-state index contributed by atoms with van der Waals surface area (Å²) in [7, 11) is 1.59. The summed E-state index contributed by atoms with van der Waals surface area (Å²) in [5.74, 6) is 3.15. The summed E-state index contributed by atoms with van der Waals surface area (Å²) in [5, 5.41) is 24.6. The number of rotatable bonds is 5. The zero-order chi connectivity index (χ0) is 23.8. The van der Waals surface area contributed by atoms with Crippen LogP contribution < -0.4 is 5.32 Å². The van der Waals surface area contributed by atoms with Crippen LogP contribution in [0.3, 0.4) is 0 Å². The quantitative estimate of drug-likeness (QED) is 0.495. The van der Waals surface area contributed by atoms with E-state index < -0.39 is 0 Å². The van der Waals surface area contributed by atoms with E-state index in [0.717, 1.165) is 43.9 Å². The Balaban J connectivity index is 1.31. The molecule has 0 aromatic heterocycles. The van der Waals surface area contributed by atoms with Gasteiger partial charge in [-0.15, -0.1) is 0 Å². The van der Waals surface area contributed by atoms with Gasteiger partial charge in [0.1, 0.15) is 0 Å². The molecule has 0 aromatic rings. The summed E-state index contributed by atoms with van der Waals surface area (Å²) in [5.41, 5.74) is 1.14. The number of carbonyl (C=O) groups excluding carboxylic acids is 1. The fourth-order valence-corrected chi connectivity index (χ4v) is 11.0. The predicted octanol–water partition coefficient (Wildman–Crippen LogP) is 5.14. The highest BCUT2D eigenvalue weighted by Crippen LogP contribution is 2.89. The third-order valence-electron chi connectivity index (χ3n) is 12.5. The van der Waals surface area contributed by atoms with Gasteiger partial charge >= 0.3 is 6.09 Å². The first kappa shape index (κ1) is 23.9. The summed E-state index contributed by atoms with van der Waals surface area (Å²) in [6, 6.07) is 0. The first-order valence-corrected chi connectivity index (χ1v) is 13.8. The van der Waals surface area contributed by atoms with Crippen molar-refractivity contribution in [3.8, 4) is 0 Å². The van der Waals surface area contributed by atoms with Crippen molar-refractivity contribution in [2.45, 2.75) is 104 Å². The Morgan fingerprint density at radius 2 is 1.76 bits per heavy atom. The van der Waals surface area contributed by atoms with Crippen molar-refractivity contribution in [3.63, 3.8) is 0 Å². The van der Waals surface area contributed by atoms with E-state index >= 15 is 0 Å². The summed E-state index contributed by atoms with van der Waals surface area (Å²) in [6.07, 6.45) is 10.4. The van der Waals surface area contributed by atoms with Gasteiger partial charge in [-0.1, -0.05) is 27.7 Å². The molecule has 0 saturated heterocycles. The Morgan fingerprint density at radius 3 is 2.48 bits per heavy atom. The molecule has 188 valence electrons. The summed E-state index contributed by atoms with van der Waals surface area (Å²) < 4.78 is 5.16. The maximum atomic E-state index is 11.3. The molecule has 1 amide bonds. The highest BCUT2D eigenvalue weighted by atomic mass is 16.5. The maximum absolute atomic E-state index is 11.3. The van der Waals surface area contributed by atoms with Gasteiger partial charge in [-0.3, -0.25) is 0 Å². The lowest BCUT2D eigenvalue weighted by atomic mass is 9.46. The molecule has 0 bridgehead atoms. The molecule has 5 aliphatic carbocycles. The van der Waals surface area contributed by atoms with E-state index in [1.165, 1.54) is 32.1 Å². The fourth-order valence-electron chi connectivity index (χ4n) is 11.0. The number of unbranched alkanes of at least 4 members (excludes halogenated alkanes) is 1. The van der Waals surface area contributed by atoms with Gasteiger partial charge in [-0.2, -0.15) is 0 Å². The van der Waals surface area contributed by atoms with Crippen LogP contribution in [0.1, 0.15) is 91.9 Å². The minimum absolute atomic E-state index is 0.0240. The lowest BCUT2D eigenvalue weighted by Crippen LogP contribution is -2.54. The van der Waals surface area contributed by atoms with Crippen molar-refractivity contribution in [2.75, 3.05) is 13.7 Å². The van der Waals surface area contributed by atoms with Crippen molar-refractivity contribution in [2.24, 2.45) is 51.2 Å². The second-order valence-corrected chi connectivity index (χ2v) is 13.3. The van der Waals surface area contributed by atoms with Crippen molar-refractivity contribution < 1.29 is 19.7 Å². The zero-order valence-electron chi connectivity index (χ0n) is 21.5. The van der Waals surface area contributed by atoms with Crippen molar-refractivity contribution in [1.29, 1.82) is 0 Å². The Kier molecular flexibility index (Phi) is 5.69. The molecule has 3 N–H and O–H groups in total. The molecule has 3 unspecified atom stereocenters. The normalized spacial score (nSPS) is 51.5. The van der Waals surface area contributed by atoms with Crippen LogP contribution in [0.4, 0.5) is 4.79 Å². The number of hydrogen-bond acceptors (Lipinski definition) is 4. The Labute approximate surface area is 200 Å². The number of alkyl carbamates (subject to hydrolysis) is 1. The molecule has 5 saturated carbocycles. The van der Waals surface area contributed by atoms with Crippen LogP contribution in [-0.4, -0.2) is 42.2 Å². The van der Waals surface area contributed by atoms with E-state index in [-0.39, 0.29) is 29.1 Å². The van der Waals surface area contributed by atoms with Crippen molar-refractivity contribution in [1.82, 2.24) is 5.32 Å². The van der Waals surface area contributed by atoms with Gasteiger partial charge in [-0.05, 0) is 115 Å². The first-order chi connectivity index (χ1) is 15.6. The number of amides is 1. The van der Waals surface area contributed by atoms with Gasteiger partial charge in [0.15, 0.2) is 0 Å². The number of aliphatic hydroxyl groups excluding tert-OH is 2. The SMILES string of the molecule is CNC(=O)OCCCC[C@H]1[C@H](O)CC2[C@@H]3CCC4C(C)(C)[C@@H](O)CCC45[C@@H](C)[C@@]35CC[C@@]21C. The monoisotopic (exact) mass is 461 g/mol. The Hall–Kier alpha value is -0.810. The second kappa shape index (κ2) is 7.85. The highest BCUT2D eigenvalue weighted by molar-refractivity contribution is 5.66. The minimum atomic E-state index is -0.359. The van der Waals surface area contributed by atoms with Gasteiger partial charge in [0, 0.05) is 7.05 Å². The van der Waals surface area contributed by atoms with Crippen LogP contribution in [0.5, 0.6) is 0 Å². The maximum Gasteiger partial charge on any atom is 0.406 e. The average Bonchev–Trinajstić information content (AvgIpc) is 3.20. The molecule has 5 fully saturated rings. The topological polar surface area (TPSA) is 78.8 Å². The van der Waals surface area contributed by atoms with Crippen molar-refractivity contribution >= 4 is 6.09 Å². The molecule has 33 heavy (non-hydrogen) atoms. The number of nitrogens with one attached hydrogen (secondary N) is 1. The number of fused-ring (bicyclic) bond motifs is 2. The molecule has 0 aromatic carbocycles. The molecule has 0 aliphatic heterocycles. The molecular weight excluding hydrogens is 414 g/mol. The summed E-state index contributed by atoms with van der Waals surface area (Å²) >= 11 is 0. The third-order valence-corrected chi connectivity index (χ3v) is 12.5. The average molecular weight is 462 g/mol. The minimum Gasteiger partial charge on any atom is -0.450 e. The molecule has 2 spiro atoms. The number of hydrogen-bond donors (Lipinski definition) is 3. The van der Waals surface area contributed by atoms with Crippen LogP contribution in [0.25, 0.3) is 0 Å². The van der Waals surface area contributed by atoms with Crippen LogP contribution in [0, 0.1) is 51.2 Å². The molecule has 0 radical (unpaired) electrons. The van der Waals surface area contributed by atoms with E-state index in [0.29, 0.717) is 35.2 Å². The molecule has 5 aliphatic rings. The van der Waals surface area contributed by atoms with E-state index in [2.05, 4.69) is 33.0 Å². The second-order valence-electron chi connectivity index (χ2n) is 13.3. The molecule has 5 heteroatoms. The predicted molar refractivity (Wildman–Crippen MR) is 128 cm³/mol. The van der Waals surface area contributed by atoms with Crippen molar-refractivity contribution in [3.05, 3.63) is 0 Å². The van der Waals surface area contributed by atoms with Gasteiger partial charge in [-0.25, -0.2) is 4.79 Å². The van der Waals surface area contributed by atoms with E-state index in [1.807, 2.05) is 0 Å². The first-order valence-electron chi connectivity index (χ1n) is 13.8. The van der Waals surface area contributed by atoms with Crippen LogP contribution >= 0.6 is 0 Å². The molecule has 5 nitrogen and oxygen atoms in total. The summed E-state index contributed by atoms with van der Waals surface area (Å²) in [6.45, 7) is 10.2. The Bertz CT molecular complexity index is 784. The molecule has 0 heterocycles. The number of carbonyl (C=O) groups is 1. The van der Waals surface area contributed by atoms with E-state index in [4.69, 9.17) is 4.74 Å².